The minimum Gasteiger partial charge on any atom is -0.294 e. The molecule has 17 heavy (non-hydrogen) atoms. The van der Waals surface area contributed by atoms with Gasteiger partial charge in [-0.05, 0) is 23.7 Å². The fourth-order valence-electron chi connectivity index (χ4n) is 1.26. The Morgan fingerprint density at radius 3 is 1.71 bits per heavy atom. The molecule has 0 radical (unpaired) electrons. The number of Topliss-reactive ketones (excluding diaryl/α,β-unsaturated/α-hetero) is 1. The minimum absolute atomic E-state index is 0.115. The molecule has 0 aromatic rings. The zero-order chi connectivity index (χ0) is 13.9. The van der Waals surface area contributed by atoms with E-state index in [9.17, 15) is 4.79 Å². The summed E-state index contributed by atoms with van der Waals surface area (Å²) in [5.74, 6) is 3.92. The van der Waals surface area contributed by atoms with Crippen molar-refractivity contribution in [2.75, 3.05) is 17.3 Å². The highest BCUT2D eigenvalue weighted by atomic mass is 32.2. The Morgan fingerprint density at radius 2 is 1.41 bits per heavy atom. The first-order valence-corrected chi connectivity index (χ1v) is 8.82. The monoisotopic (exact) mass is 261 g/mol. The van der Waals surface area contributed by atoms with Crippen molar-refractivity contribution in [2.45, 2.75) is 67.7 Å². The molecule has 1 fully saturated rings. The van der Waals surface area contributed by atoms with Crippen LogP contribution in [-0.2, 0) is 15.7 Å². The van der Waals surface area contributed by atoms with Crippen molar-refractivity contribution in [3.8, 4) is 0 Å². The summed E-state index contributed by atoms with van der Waals surface area (Å²) in [6.45, 7) is 14.3. The molecule has 1 aliphatic heterocycles. The maximum absolute atomic E-state index is 11.6. The first kappa shape index (κ1) is 19.4. The quantitative estimate of drug-likeness (QED) is 0.671. The molecule has 1 heterocycles. The lowest BCUT2D eigenvalue weighted by molar-refractivity contribution is -0.123. The highest BCUT2D eigenvalue weighted by Gasteiger charge is 2.32. The van der Waals surface area contributed by atoms with Gasteiger partial charge in [0.1, 0.15) is 11.5 Å². The predicted octanol–water partition coefficient (Wildman–Crippen LogP) is 4.46. The number of carbonyl (C=O) groups excluding carboxylic acids is 1. The van der Waals surface area contributed by atoms with Gasteiger partial charge in [0.25, 0.3) is 0 Å². The molecule has 0 bridgehead atoms. The summed E-state index contributed by atoms with van der Waals surface area (Å²) in [5.41, 5.74) is -0.115. The van der Waals surface area contributed by atoms with E-state index >= 15 is 0 Å². The third-order valence-corrected chi connectivity index (χ3v) is 4.69. The van der Waals surface area contributed by atoms with Gasteiger partial charge in [-0.2, -0.15) is 0 Å². The highest BCUT2D eigenvalue weighted by Crippen LogP contribution is 2.20. The van der Waals surface area contributed by atoms with E-state index < -0.39 is 0 Å². The van der Waals surface area contributed by atoms with E-state index in [1.54, 1.807) is 0 Å². The number of hydrogen-bond acceptors (Lipinski definition) is 1. The number of hydrogen-bond donors (Lipinski definition) is 0. The second kappa shape index (κ2) is 11.1. The zero-order valence-electron chi connectivity index (χ0n) is 13.1. The van der Waals surface area contributed by atoms with Crippen LogP contribution in [0, 0.1) is 5.41 Å². The van der Waals surface area contributed by atoms with Crippen LogP contribution in [0.5, 0.6) is 0 Å². The standard InChI is InChI=1S/C10H19OS.C3H8.C2H6/c1-10(2,3)9(11)8-12-6-4-5-7-12;1-3-2;1-2/h4-8H2,1-3H3;3H2,1-2H3;1-2H3/q+1;;. The van der Waals surface area contributed by atoms with Crippen LogP contribution in [0.1, 0.15) is 67.7 Å². The maximum atomic E-state index is 11.6. The Labute approximate surface area is 112 Å². The molecule has 1 saturated heterocycles. The van der Waals surface area contributed by atoms with Gasteiger partial charge in [0.15, 0.2) is 11.5 Å². The summed E-state index contributed by atoms with van der Waals surface area (Å²) < 4.78 is 0. The highest BCUT2D eigenvalue weighted by molar-refractivity contribution is 7.97. The van der Waals surface area contributed by atoms with Crippen LogP contribution >= 0.6 is 0 Å². The largest absolute Gasteiger partial charge is 0.294 e. The summed E-state index contributed by atoms with van der Waals surface area (Å²) in [6, 6.07) is 0. The fourth-order valence-corrected chi connectivity index (χ4v) is 3.78. The molecule has 0 unspecified atom stereocenters. The maximum Gasteiger partial charge on any atom is 0.187 e. The summed E-state index contributed by atoms with van der Waals surface area (Å²) in [7, 11) is 0.447. The lowest BCUT2D eigenvalue weighted by atomic mass is 9.92. The molecule has 0 amide bonds. The molecule has 104 valence electrons. The van der Waals surface area contributed by atoms with Gasteiger partial charge in [-0.25, -0.2) is 0 Å². The lowest BCUT2D eigenvalue weighted by Crippen LogP contribution is -2.28. The van der Waals surface area contributed by atoms with Crippen molar-refractivity contribution in [1.29, 1.82) is 0 Å². The van der Waals surface area contributed by atoms with Gasteiger partial charge in [0, 0.05) is 5.41 Å². The molecule has 0 saturated carbocycles. The van der Waals surface area contributed by atoms with Gasteiger partial charge in [0.05, 0.1) is 0 Å². The first-order valence-electron chi connectivity index (χ1n) is 7.09. The molecule has 0 spiro atoms. The van der Waals surface area contributed by atoms with Crippen LogP contribution in [-0.4, -0.2) is 23.0 Å². The van der Waals surface area contributed by atoms with Gasteiger partial charge in [0.2, 0.25) is 0 Å². The van der Waals surface area contributed by atoms with Crippen molar-refractivity contribution in [1.82, 2.24) is 0 Å². The minimum atomic E-state index is -0.115. The Bertz CT molecular complexity index is 176. The zero-order valence-corrected chi connectivity index (χ0v) is 13.9. The molecular weight excluding hydrogens is 228 g/mol. The molecule has 2 heteroatoms. The van der Waals surface area contributed by atoms with E-state index in [1.807, 2.05) is 34.6 Å². The Kier molecular flexibility index (Phi) is 12.7. The van der Waals surface area contributed by atoms with Crippen LogP contribution in [0.4, 0.5) is 0 Å². The van der Waals surface area contributed by atoms with Crippen LogP contribution in [0.2, 0.25) is 0 Å². The number of ketones is 1. The fraction of sp³-hybridized carbons (Fsp3) is 0.933. The average molecular weight is 261 g/mol. The summed E-state index contributed by atoms with van der Waals surface area (Å²) in [4.78, 5) is 11.6. The third-order valence-electron chi connectivity index (χ3n) is 2.29. The molecule has 0 aromatic carbocycles. The van der Waals surface area contributed by atoms with Crippen LogP contribution < -0.4 is 0 Å². The Balaban J connectivity index is 0. The molecule has 1 rings (SSSR count). The number of carbonyl (C=O) groups is 1. The van der Waals surface area contributed by atoms with Crippen molar-refractivity contribution in [2.24, 2.45) is 5.41 Å². The topological polar surface area (TPSA) is 17.1 Å². The second-order valence-corrected chi connectivity index (χ2v) is 7.58. The molecule has 0 N–H and O–H groups in total. The van der Waals surface area contributed by atoms with E-state index in [2.05, 4.69) is 13.8 Å². The lowest BCUT2D eigenvalue weighted by Gasteiger charge is -2.14. The van der Waals surface area contributed by atoms with Crippen LogP contribution in [0.3, 0.4) is 0 Å². The normalized spacial score (nSPS) is 15.5. The summed E-state index contributed by atoms with van der Waals surface area (Å²) >= 11 is 0. The van der Waals surface area contributed by atoms with E-state index in [4.69, 9.17) is 0 Å². The average Bonchev–Trinajstić information content (AvgIpc) is 2.73. The van der Waals surface area contributed by atoms with Crippen LogP contribution in [0.25, 0.3) is 0 Å². The molecule has 1 aliphatic rings. The van der Waals surface area contributed by atoms with Crippen molar-refractivity contribution < 1.29 is 4.79 Å². The van der Waals surface area contributed by atoms with E-state index in [0.717, 1.165) is 5.75 Å². The van der Waals surface area contributed by atoms with E-state index in [0.29, 0.717) is 16.7 Å². The SMILES string of the molecule is CC.CC(C)(C)C(=O)C[S+]1CCCC1.CCC. The van der Waals surface area contributed by atoms with E-state index in [1.165, 1.54) is 30.8 Å². The van der Waals surface area contributed by atoms with Crippen molar-refractivity contribution in [3.63, 3.8) is 0 Å². The van der Waals surface area contributed by atoms with Crippen molar-refractivity contribution in [3.05, 3.63) is 0 Å². The predicted molar refractivity (Wildman–Crippen MR) is 83.0 cm³/mol. The van der Waals surface area contributed by atoms with E-state index in [-0.39, 0.29) is 5.41 Å². The molecule has 0 aliphatic carbocycles. The first-order chi connectivity index (χ1) is 7.91. The Morgan fingerprint density at radius 1 is 1.06 bits per heavy atom. The van der Waals surface area contributed by atoms with Gasteiger partial charge in [-0.3, -0.25) is 4.79 Å². The van der Waals surface area contributed by atoms with Gasteiger partial charge < -0.3 is 0 Å². The third kappa shape index (κ3) is 10.9. The smallest absolute Gasteiger partial charge is 0.187 e. The number of rotatable bonds is 2. The molecule has 1 nitrogen and oxygen atoms in total. The van der Waals surface area contributed by atoms with Gasteiger partial charge in [-0.1, -0.05) is 54.9 Å². The summed E-state index contributed by atoms with van der Waals surface area (Å²) in [6.07, 6.45) is 3.95. The second-order valence-electron chi connectivity index (χ2n) is 5.25. The van der Waals surface area contributed by atoms with Gasteiger partial charge in [-0.15, -0.1) is 0 Å². The van der Waals surface area contributed by atoms with Gasteiger partial charge >= 0.3 is 0 Å². The Hall–Kier alpha value is 0.0200. The molecule has 0 aromatic heterocycles. The summed E-state index contributed by atoms with van der Waals surface area (Å²) in [5, 5.41) is 0. The molecular formula is C15H33OS+. The van der Waals surface area contributed by atoms with Crippen molar-refractivity contribution >= 4 is 16.7 Å². The molecule has 0 atom stereocenters. The van der Waals surface area contributed by atoms with Crippen LogP contribution in [0.15, 0.2) is 0 Å².